The third kappa shape index (κ3) is 3.04. The summed E-state index contributed by atoms with van der Waals surface area (Å²) in [5.74, 6) is 2.12. The van der Waals surface area contributed by atoms with Gasteiger partial charge in [0.1, 0.15) is 24.8 Å². The average molecular weight is 329 g/mol. The number of benzene rings is 2. The molecule has 0 radical (unpaired) electrons. The lowest BCUT2D eigenvalue weighted by Crippen LogP contribution is -2.22. The normalized spacial score (nSPS) is 19.1. The van der Waals surface area contributed by atoms with Gasteiger partial charge in [0.15, 0.2) is 11.5 Å². The fourth-order valence-corrected chi connectivity index (χ4v) is 3.27. The molecule has 2 aromatic rings. The van der Waals surface area contributed by atoms with E-state index in [0.29, 0.717) is 26.4 Å². The minimum absolute atomic E-state index is 0.0542. The molecule has 4 rings (SSSR count). The van der Waals surface area contributed by atoms with Crippen molar-refractivity contribution >= 4 is 0 Å². The lowest BCUT2D eigenvalue weighted by molar-refractivity contribution is 0.169. The summed E-state index contributed by atoms with van der Waals surface area (Å²) in [6.07, 6.45) is 1.84. The Kier molecular flexibility index (Phi) is 4.26. The van der Waals surface area contributed by atoms with Crippen LogP contribution in [0.3, 0.4) is 0 Å². The van der Waals surface area contributed by atoms with Crippen molar-refractivity contribution < 1.29 is 18.6 Å². The Labute approximate surface area is 140 Å². The molecule has 2 aliphatic rings. The molecule has 0 amide bonds. The molecule has 2 aromatic carbocycles. The molecule has 0 spiro atoms. The second-order valence-electron chi connectivity index (χ2n) is 6.05. The van der Waals surface area contributed by atoms with Crippen LogP contribution in [0.15, 0.2) is 36.4 Å². The highest BCUT2D eigenvalue weighted by molar-refractivity contribution is 5.47. The SMILES string of the molecule is Fc1ccc2c(c1)[C@@H](NCc1cccc3c1OCCO3)CCCO2. The van der Waals surface area contributed by atoms with E-state index in [-0.39, 0.29) is 11.9 Å². The zero-order valence-electron chi connectivity index (χ0n) is 13.4. The highest BCUT2D eigenvalue weighted by atomic mass is 19.1. The molecule has 0 aliphatic carbocycles. The number of rotatable bonds is 3. The van der Waals surface area contributed by atoms with E-state index >= 15 is 0 Å². The maximum absolute atomic E-state index is 13.7. The smallest absolute Gasteiger partial charge is 0.165 e. The van der Waals surface area contributed by atoms with Gasteiger partial charge in [-0.15, -0.1) is 0 Å². The van der Waals surface area contributed by atoms with Crippen LogP contribution in [-0.4, -0.2) is 19.8 Å². The second kappa shape index (κ2) is 6.69. The van der Waals surface area contributed by atoms with Crippen LogP contribution in [0.5, 0.6) is 17.2 Å². The molecule has 0 fully saturated rings. The Balaban J connectivity index is 1.55. The first-order chi connectivity index (χ1) is 11.8. The molecular formula is C19H20FNO3. The highest BCUT2D eigenvalue weighted by Crippen LogP contribution is 2.35. The lowest BCUT2D eigenvalue weighted by atomic mass is 10.0. The lowest BCUT2D eigenvalue weighted by Gasteiger charge is -2.23. The number of para-hydroxylation sites is 1. The van der Waals surface area contributed by atoms with Gasteiger partial charge in [0.05, 0.1) is 6.61 Å². The summed E-state index contributed by atoms with van der Waals surface area (Å²) < 4.78 is 30.8. The van der Waals surface area contributed by atoms with Crippen LogP contribution in [0.25, 0.3) is 0 Å². The quantitative estimate of drug-likeness (QED) is 0.934. The average Bonchev–Trinajstić information content (AvgIpc) is 2.82. The van der Waals surface area contributed by atoms with Crippen LogP contribution in [-0.2, 0) is 6.54 Å². The number of nitrogens with one attached hydrogen (secondary N) is 1. The Bertz CT molecular complexity index is 735. The third-order valence-corrected chi connectivity index (χ3v) is 4.43. The molecule has 0 saturated carbocycles. The number of hydrogen-bond donors (Lipinski definition) is 1. The van der Waals surface area contributed by atoms with Gasteiger partial charge in [0, 0.05) is 23.7 Å². The van der Waals surface area contributed by atoms with Gasteiger partial charge in [-0.1, -0.05) is 12.1 Å². The predicted octanol–water partition coefficient (Wildman–Crippen LogP) is 3.60. The summed E-state index contributed by atoms with van der Waals surface area (Å²) in [6.45, 7) is 2.44. The molecule has 2 aliphatic heterocycles. The van der Waals surface area contributed by atoms with Gasteiger partial charge in [-0.2, -0.15) is 0 Å². The molecule has 0 bridgehead atoms. The van der Waals surface area contributed by atoms with E-state index in [1.165, 1.54) is 6.07 Å². The van der Waals surface area contributed by atoms with Crippen LogP contribution in [0, 0.1) is 5.82 Å². The number of halogens is 1. The van der Waals surface area contributed by atoms with Crippen LogP contribution in [0.4, 0.5) is 4.39 Å². The van der Waals surface area contributed by atoms with Crippen molar-refractivity contribution in [1.82, 2.24) is 5.32 Å². The molecule has 2 heterocycles. The first-order valence-electron chi connectivity index (χ1n) is 8.34. The standard InChI is InChI=1S/C19H20FNO3/c20-14-6-7-17-15(11-14)16(4-2-8-22-17)21-12-13-3-1-5-18-19(13)24-10-9-23-18/h1,3,5-7,11,16,21H,2,4,8-10,12H2/t16-/m0/s1. The van der Waals surface area contributed by atoms with Crippen LogP contribution < -0.4 is 19.5 Å². The topological polar surface area (TPSA) is 39.7 Å². The summed E-state index contributed by atoms with van der Waals surface area (Å²) in [7, 11) is 0. The summed E-state index contributed by atoms with van der Waals surface area (Å²) in [5, 5.41) is 3.53. The predicted molar refractivity (Wildman–Crippen MR) is 88.1 cm³/mol. The Morgan fingerprint density at radius 2 is 1.88 bits per heavy atom. The summed E-state index contributed by atoms with van der Waals surface area (Å²) in [5.41, 5.74) is 1.93. The van der Waals surface area contributed by atoms with Crippen molar-refractivity contribution in [3.63, 3.8) is 0 Å². The highest BCUT2D eigenvalue weighted by Gasteiger charge is 2.21. The third-order valence-electron chi connectivity index (χ3n) is 4.43. The monoisotopic (exact) mass is 329 g/mol. The maximum atomic E-state index is 13.7. The van der Waals surface area contributed by atoms with E-state index in [0.717, 1.165) is 41.2 Å². The van der Waals surface area contributed by atoms with E-state index in [1.54, 1.807) is 12.1 Å². The maximum Gasteiger partial charge on any atom is 0.165 e. The minimum atomic E-state index is -0.236. The van der Waals surface area contributed by atoms with E-state index in [2.05, 4.69) is 5.32 Å². The Morgan fingerprint density at radius 3 is 2.83 bits per heavy atom. The van der Waals surface area contributed by atoms with Crippen molar-refractivity contribution in [3.8, 4) is 17.2 Å². The fourth-order valence-electron chi connectivity index (χ4n) is 3.27. The van der Waals surface area contributed by atoms with E-state index in [4.69, 9.17) is 14.2 Å². The van der Waals surface area contributed by atoms with Gasteiger partial charge in [-0.3, -0.25) is 0 Å². The molecule has 24 heavy (non-hydrogen) atoms. The summed E-state index contributed by atoms with van der Waals surface area (Å²) in [6, 6.07) is 10.7. The molecule has 126 valence electrons. The molecule has 1 N–H and O–H groups in total. The molecule has 1 atom stereocenters. The number of ether oxygens (including phenoxy) is 3. The van der Waals surface area contributed by atoms with Crippen LogP contribution >= 0.6 is 0 Å². The van der Waals surface area contributed by atoms with Gasteiger partial charge in [0.25, 0.3) is 0 Å². The molecular weight excluding hydrogens is 309 g/mol. The van der Waals surface area contributed by atoms with Crippen molar-refractivity contribution in [2.75, 3.05) is 19.8 Å². The molecule has 5 heteroatoms. The summed E-state index contributed by atoms with van der Waals surface area (Å²) >= 11 is 0. The van der Waals surface area contributed by atoms with E-state index in [1.807, 2.05) is 18.2 Å². The van der Waals surface area contributed by atoms with Gasteiger partial charge in [-0.25, -0.2) is 4.39 Å². The largest absolute Gasteiger partial charge is 0.493 e. The van der Waals surface area contributed by atoms with Gasteiger partial charge < -0.3 is 19.5 Å². The van der Waals surface area contributed by atoms with Crippen molar-refractivity contribution in [3.05, 3.63) is 53.3 Å². The van der Waals surface area contributed by atoms with Crippen LogP contribution in [0.2, 0.25) is 0 Å². The fraction of sp³-hybridized carbons (Fsp3) is 0.368. The number of fused-ring (bicyclic) bond motifs is 2. The second-order valence-corrected chi connectivity index (χ2v) is 6.05. The molecule has 4 nitrogen and oxygen atoms in total. The minimum Gasteiger partial charge on any atom is -0.493 e. The van der Waals surface area contributed by atoms with Gasteiger partial charge in [0.2, 0.25) is 0 Å². The number of hydrogen-bond acceptors (Lipinski definition) is 4. The molecule has 0 saturated heterocycles. The first kappa shape index (κ1) is 15.3. The van der Waals surface area contributed by atoms with E-state index < -0.39 is 0 Å². The van der Waals surface area contributed by atoms with Crippen LogP contribution in [0.1, 0.15) is 30.0 Å². The van der Waals surface area contributed by atoms with Gasteiger partial charge in [-0.05, 0) is 37.1 Å². The van der Waals surface area contributed by atoms with E-state index in [9.17, 15) is 4.39 Å². The zero-order valence-corrected chi connectivity index (χ0v) is 13.4. The summed E-state index contributed by atoms with van der Waals surface area (Å²) in [4.78, 5) is 0. The van der Waals surface area contributed by atoms with Crippen molar-refractivity contribution in [2.45, 2.75) is 25.4 Å². The van der Waals surface area contributed by atoms with Crippen molar-refractivity contribution in [1.29, 1.82) is 0 Å². The Morgan fingerprint density at radius 1 is 1.00 bits per heavy atom. The molecule has 0 unspecified atom stereocenters. The van der Waals surface area contributed by atoms with Crippen molar-refractivity contribution in [2.24, 2.45) is 0 Å². The zero-order chi connectivity index (χ0) is 16.4. The first-order valence-corrected chi connectivity index (χ1v) is 8.34. The van der Waals surface area contributed by atoms with Gasteiger partial charge >= 0.3 is 0 Å². The molecule has 0 aromatic heterocycles. The Hall–Kier alpha value is -2.27.